The van der Waals surface area contributed by atoms with Crippen molar-refractivity contribution in [3.05, 3.63) is 65.5 Å². The second kappa shape index (κ2) is 7.34. The number of fused-ring (bicyclic) bond motifs is 2. The number of hydrogen-bond acceptors (Lipinski definition) is 7. The van der Waals surface area contributed by atoms with Crippen LogP contribution in [0.3, 0.4) is 0 Å². The molecule has 2 aromatic carbocycles. The Balaban J connectivity index is 1.45. The second-order valence-electron chi connectivity index (χ2n) is 6.83. The van der Waals surface area contributed by atoms with Crippen molar-refractivity contribution in [2.45, 2.75) is 17.6 Å². The van der Waals surface area contributed by atoms with Gasteiger partial charge in [0.05, 0.1) is 17.4 Å². The summed E-state index contributed by atoms with van der Waals surface area (Å²) in [6, 6.07) is 15.4. The molecule has 29 heavy (non-hydrogen) atoms. The Bertz CT molecular complexity index is 1110. The Hall–Kier alpha value is -3.17. The van der Waals surface area contributed by atoms with Crippen molar-refractivity contribution in [3.63, 3.8) is 0 Å². The Morgan fingerprint density at radius 1 is 1.21 bits per heavy atom. The predicted molar refractivity (Wildman–Crippen MR) is 110 cm³/mol. The first-order valence-electron chi connectivity index (χ1n) is 9.20. The van der Waals surface area contributed by atoms with Crippen molar-refractivity contribution < 1.29 is 9.53 Å². The lowest BCUT2D eigenvalue weighted by atomic mass is 10.1. The van der Waals surface area contributed by atoms with Gasteiger partial charge in [-0.3, -0.25) is 4.79 Å². The maximum atomic E-state index is 11.6. The minimum Gasteiger partial charge on any atom is -0.482 e. The number of nitrogens with one attached hydrogen (secondary N) is 1. The number of benzene rings is 2. The summed E-state index contributed by atoms with van der Waals surface area (Å²) in [4.78, 5) is 11.6. The molecule has 3 aromatic rings. The summed E-state index contributed by atoms with van der Waals surface area (Å²) >= 11 is 1.56. The van der Waals surface area contributed by atoms with Crippen LogP contribution in [0, 0.1) is 0 Å². The van der Waals surface area contributed by atoms with E-state index in [1.54, 1.807) is 16.4 Å². The third kappa shape index (κ3) is 3.50. The molecule has 1 aromatic heterocycles. The monoisotopic (exact) mass is 406 g/mol. The van der Waals surface area contributed by atoms with Crippen molar-refractivity contribution in [3.8, 4) is 5.75 Å². The number of carbonyl (C=O) groups is 1. The molecule has 0 saturated heterocycles. The summed E-state index contributed by atoms with van der Waals surface area (Å²) < 4.78 is 7.16. The number of nitrogens with two attached hydrogens (primary N) is 1. The highest BCUT2D eigenvalue weighted by molar-refractivity contribution is 7.99. The van der Waals surface area contributed by atoms with Gasteiger partial charge in [0.2, 0.25) is 5.16 Å². The lowest BCUT2D eigenvalue weighted by Gasteiger charge is -2.20. The van der Waals surface area contributed by atoms with Crippen molar-refractivity contribution in [1.29, 1.82) is 0 Å². The van der Waals surface area contributed by atoms with E-state index < -0.39 is 0 Å². The van der Waals surface area contributed by atoms with E-state index in [0.717, 1.165) is 22.0 Å². The highest BCUT2D eigenvalue weighted by Crippen LogP contribution is 2.31. The fourth-order valence-electron chi connectivity index (χ4n) is 3.34. The molecule has 3 heterocycles. The van der Waals surface area contributed by atoms with Crippen molar-refractivity contribution in [2.75, 3.05) is 17.7 Å². The van der Waals surface area contributed by atoms with E-state index >= 15 is 0 Å². The quantitative estimate of drug-likeness (QED) is 0.688. The van der Waals surface area contributed by atoms with E-state index in [9.17, 15) is 4.79 Å². The zero-order valence-electron chi connectivity index (χ0n) is 15.4. The van der Waals surface area contributed by atoms with Crippen molar-refractivity contribution >= 4 is 29.1 Å². The van der Waals surface area contributed by atoms with E-state index in [-0.39, 0.29) is 18.6 Å². The molecule has 0 radical (unpaired) electrons. The Morgan fingerprint density at radius 3 is 2.93 bits per heavy atom. The molecule has 5 rings (SSSR count). The number of thioether (sulfide) groups is 1. The minimum absolute atomic E-state index is 0.0376. The van der Waals surface area contributed by atoms with Crippen LogP contribution < -0.4 is 15.8 Å². The normalized spacial score (nSPS) is 16.2. The number of rotatable bonds is 4. The fraction of sp³-hybridized carbons (Fsp3) is 0.200. The lowest BCUT2D eigenvalue weighted by molar-refractivity contribution is -0.118. The molecule has 0 spiro atoms. The van der Waals surface area contributed by atoms with Gasteiger partial charge >= 0.3 is 0 Å². The average molecular weight is 406 g/mol. The molecule has 8 nitrogen and oxygen atoms in total. The highest BCUT2D eigenvalue weighted by Gasteiger charge is 2.24. The maximum absolute atomic E-state index is 11.6. The van der Waals surface area contributed by atoms with E-state index in [2.05, 4.69) is 15.5 Å². The molecule has 9 heteroatoms. The minimum atomic E-state index is -0.321. The number of hydrogen-bond donors (Lipinski definition) is 2. The van der Waals surface area contributed by atoms with Gasteiger partial charge in [-0.05, 0) is 30.2 Å². The SMILES string of the molecule is NC(Cc1ccccc1)c1nnc2n1N=C(c1ccc3c(c1)NC(=O)CO3)CS2. The Labute approximate surface area is 171 Å². The van der Waals surface area contributed by atoms with Crippen LogP contribution in [0.25, 0.3) is 0 Å². The molecule has 0 saturated carbocycles. The number of anilines is 1. The average Bonchev–Trinajstić information content (AvgIpc) is 3.17. The molecule has 2 aliphatic heterocycles. The first-order valence-corrected chi connectivity index (χ1v) is 10.2. The first-order chi connectivity index (χ1) is 14.2. The second-order valence-corrected chi connectivity index (χ2v) is 7.77. The van der Waals surface area contributed by atoms with Crippen LogP contribution in [0.1, 0.15) is 23.0 Å². The fourth-order valence-corrected chi connectivity index (χ4v) is 4.18. The van der Waals surface area contributed by atoms with Crippen molar-refractivity contribution in [1.82, 2.24) is 14.9 Å². The van der Waals surface area contributed by atoms with Crippen LogP contribution in [0.5, 0.6) is 5.75 Å². The van der Waals surface area contributed by atoms with Crippen LogP contribution in [-0.4, -0.2) is 38.9 Å². The number of carbonyl (C=O) groups excluding carboxylic acids is 1. The molecule has 2 aliphatic rings. The van der Waals surface area contributed by atoms with Crippen LogP contribution >= 0.6 is 11.8 Å². The summed E-state index contributed by atoms with van der Waals surface area (Å²) in [5.74, 6) is 1.78. The maximum Gasteiger partial charge on any atom is 0.262 e. The van der Waals surface area contributed by atoms with E-state index in [0.29, 0.717) is 29.4 Å². The van der Waals surface area contributed by atoms with E-state index in [1.807, 2.05) is 48.5 Å². The Kier molecular flexibility index (Phi) is 4.53. The number of nitrogens with zero attached hydrogens (tertiary/aromatic N) is 4. The molecule has 146 valence electrons. The van der Waals surface area contributed by atoms with Gasteiger partial charge in [0.25, 0.3) is 5.91 Å². The zero-order valence-corrected chi connectivity index (χ0v) is 16.2. The summed E-state index contributed by atoms with van der Waals surface area (Å²) in [7, 11) is 0. The predicted octanol–water partition coefficient (Wildman–Crippen LogP) is 2.21. The van der Waals surface area contributed by atoms with Gasteiger partial charge in [0, 0.05) is 11.3 Å². The van der Waals surface area contributed by atoms with Crippen LogP contribution in [-0.2, 0) is 11.2 Å². The number of ether oxygens (including phenoxy) is 1. The summed E-state index contributed by atoms with van der Waals surface area (Å²) in [6.07, 6.45) is 0.650. The molecular weight excluding hydrogens is 388 g/mol. The van der Waals surface area contributed by atoms with Gasteiger partial charge in [-0.1, -0.05) is 42.1 Å². The molecule has 1 unspecified atom stereocenters. The van der Waals surface area contributed by atoms with Gasteiger partial charge in [-0.25, -0.2) is 0 Å². The molecule has 3 N–H and O–H groups in total. The van der Waals surface area contributed by atoms with E-state index in [4.69, 9.17) is 15.6 Å². The molecule has 0 fully saturated rings. The van der Waals surface area contributed by atoms with Crippen LogP contribution in [0.2, 0.25) is 0 Å². The third-order valence-corrected chi connectivity index (χ3v) is 5.70. The standard InChI is InChI=1S/C20H18N6O2S/c21-14(8-12-4-2-1-3-5-12)19-23-24-20-26(19)25-16(11-29-20)13-6-7-17-15(9-13)22-18(27)10-28-17/h1-7,9,14H,8,10-11,21H2,(H,22,27). The van der Waals surface area contributed by atoms with Crippen LogP contribution in [0.4, 0.5) is 5.69 Å². The van der Waals surface area contributed by atoms with Gasteiger partial charge in [-0.15, -0.1) is 10.2 Å². The lowest BCUT2D eigenvalue weighted by Crippen LogP contribution is -2.26. The molecular formula is C20H18N6O2S. The zero-order chi connectivity index (χ0) is 19.8. The highest BCUT2D eigenvalue weighted by atomic mass is 32.2. The largest absolute Gasteiger partial charge is 0.482 e. The molecule has 0 bridgehead atoms. The van der Waals surface area contributed by atoms with E-state index in [1.165, 1.54) is 0 Å². The first kappa shape index (κ1) is 17.9. The van der Waals surface area contributed by atoms with Crippen molar-refractivity contribution in [2.24, 2.45) is 10.8 Å². The van der Waals surface area contributed by atoms with Gasteiger partial charge in [-0.2, -0.15) is 9.78 Å². The number of amides is 1. The van der Waals surface area contributed by atoms with Crippen LogP contribution in [0.15, 0.2) is 58.8 Å². The van der Waals surface area contributed by atoms with Gasteiger partial charge in [0.15, 0.2) is 12.4 Å². The summed E-state index contributed by atoms with van der Waals surface area (Å²) in [5, 5.41) is 16.8. The molecule has 1 atom stereocenters. The molecule has 0 aliphatic carbocycles. The third-order valence-electron chi connectivity index (χ3n) is 4.77. The summed E-state index contributed by atoms with van der Waals surface area (Å²) in [6.45, 7) is 0.0376. The topological polar surface area (TPSA) is 107 Å². The summed E-state index contributed by atoms with van der Waals surface area (Å²) in [5.41, 5.74) is 9.98. The number of aromatic nitrogens is 3. The smallest absolute Gasteiger partial charge is 0.262 e. The van der Waals surface area contributed by atoms with Gasteiger partial charge < -0.3 is 15.8 Å². The molecule has 1 amide bonds. The Morgan fingerprint density at radius 2 is 2.07 bits per heavy atom. The van der Waals surface area contributed by atoms with Gasteiger partial charge in [0.1, 0.15) is 5.75 Å².